The Morgan fingerprint density at radius 3 is 2.79 bits per heavy atom. The molecule has 0 fully saturated rings. The van der Waals surface area contributed by atoms with Crippen LogP contribution in [0.3, 0.4) is 0 Å². The largest absolute Gasteiger partial charge is 0.504 e. The van der Waals surface area contributed by atoms with E-state index in [0.29, 0.717) is 27.1 Å². The maximum absolute atomic E-state index is 9.75. The van der Waals surface area contributed by atoms with E-state index in [4.69, 9.17) is 27.9 Å². The second-order valence-electron chi connectivity index (χ2n) is 5.64. The third kappa shape index (κ3) is 4.47. The lowest BCUT2D eigenvalue weighted by atomic mass is 10.2. The van der Waals surface area contributed by atoms with Gasteiger partial charge < -0.3 is 9.84 Å². The molecule has 0 atom stereocenters. The minimum absolute atomic E-state index is 0.0677. The zero-order valence-electron chi connectivity index (χ0n) is 15.0. The van der Waals surface area contributed by atoms with Crippen LogP contribution < -0.4 is 9.54 Å². The fourth-order valence-corrected chi connectivity index (χ4v) is 3.79. The molecule has 144 valence electrons. The molecule has 0 aliphatic rings. The molecule has 0 saturated heterocycles. The van der Waals surface area contributed by atoms with Crippen molar-refractivity contribution in [3.05, 3.63) is 74.8 Å². The van der Waals surface area contributed by atoms with Crippen LogP contribution in [0.5, 0.6) is 11.5 Å². The average molecular weight is 434 g/mol. The zero-order chi connectivity index (χ0) is 20.1. The van der Waals surface area contributed by atoms with E-state index in [1.54, 1.807) is 47.3 Å². The molecule has 0 unspecified atom stereocenters. The van der Waals surface area contributed by atoms with Crippen LogP contribution in [-0.4, -0.2) is 29.7 Å². The monoisotopic (exact) mass is 433 g/mol. The number of thiazole rings is 1. The van der Waals surface area contributed by atoms with Crippen LogP contribution in [-0.2, 0) is 0 Å². The van der Waals surface area contributed by atoms with Crippen molar-refractivity contribution in [2.24, 2.45) is 10.1 Å². The maximum atomic E-state index is 9.75. The third-order valence-corrected chi connectivity index (χ3v) is 5.18. The first kappa shape index (κ1) is 20.2. The molecule has 2 aromatic carbocycles. The van der Waals surface area contributed by atoms with E-state index in [0.717, 1.165) is 16.8 Å². The van der Waals surface area contributed by atoms with Gasteiger partial charge in [-0.1, -0.05) is 29.3 Å². The molecule has 0 saturated carbocycles. The van der Waals surface area contributed by atoms with E-state index in [9.17, 15) is 5.11 Å². The van der Waals surface area contributed by atoms with Gasteiger partial charge in [0.1, 0.15) is 0 Å². The molecule has 1 aromatic heterocycles. The summed E-state index contributed by atoms with van der Waals surface area (Å²) >= 11 is 13.9. The van der Waals surface area contributed by atoms with Crippen molar-refractivity contribution in [3.8, 4) is 22.8 Å². The second kappa shape index (κ2) is 9.10. The highest BCUT2D eigenvalue weighted by atomic mass is 35.5. The smallest absolute Gasteiger partial charge is 0.206 e. The highest BCUT2D eigenvalue weighted by Gasteiger charge is 2.11. The molecule has 0 amide bonds. The van der Waals surface area contributed by atoms with Gasteiger partial charge in [-0.2, -0.15) is 5.10 Å². The lowest BCUT2D eigenvalue weighted by Crippen LogP contribution is -2.12. The molecule has 1 heterocycles. The van der Waals surface area contributed by atoms with Gasteiger partial charge in [-0.05, 0) is 42.0 Å². The van der Waals surface area contributed by atoms with E-state index in [-0.39, 0.29) is 5.75 Å². The molecule has 8 heteroatoms. The molecule has 28 heavy (non-hydrogen) atoms. The maximum Gasteiger partial charge on any atom is 0.206 e. The van der Waals surface area contributed by atoms with Gasteiger partial charge in [0.15, 0.2) is 11.5 Å². The predicted molar refractivity (Wildman–Crippen MR) is 116 cm³/mol. The van der Waals surface area contributed by atoms with Crippen molar-refractivity contribution in [1.82, 2.24) is 4.68 Å². The number of aromatic hydroxyl groups is 1. The number of benzene rings is 2. The van der Waals surface area contributed by atoms with Crippen LogP contribution in [0.15, 0.2) is 64.5 Å². The van der Waals surface area contributed by atoms with Gasteiger partial charge >= 0.3 is 0 Å². The molecule has 0 bridgehead atoms. The Balaban J connectivity index is 2.10. The highest BCUT2D eigenvalue weighted by Crippen LogP contribution is 2.31. The second-order valence-corrected chi connectivity index (χ2v) is 7.32. The van der Waals surface area contributed by atoms with Crippen LogP contribution in [0.2, 0.25) is 10.0 Å². The third-order valence-electron chi connectivity index (χ3n) is 3.77. The molecule has 1 N–H and O–H groups in total. The Bertz CT molecular complexity index is 1100. The highest BCUT2D eigenvalue weighted by molar-refractivity contribution is 7.07. The fraction of sp³-hybridized carbons (Fsp3) is 0.100. The Morgan fingerprint density at radius 1 is 1.25 bits per heavy atom. The van der Waals surface area contributed by atoms with Crippen molar-refractivity contribution in [1.29, 1.82) is 0 Å². The van der Waals surface area contributed by atoms with Gasteiger partial charge in [-0.15, -0.1) is 17.9 Å². The van der Waals surface area contributed by atoms with Crippen LogP contribution in [0.1, 0.15) is 5.56 Å². The van der Waals surface area contributed by atoms with Crippen molar-refractivity contribution in [2.75, 3.05) is 13.7 Å². The Morgan fingerprint density at radius 2 is 2.07 bits per heavy atom. The van der Waals surface area contributed by atoms with Gasteiger partial charge in [0.2, 0.25) is 4.80 Å². The summed E-state index contributed by atoms with van der Waals surface area (Å²) in [6.07, 6.45) is 3.38. The first-order valence-corrected chi connectivity index (χ1v) is 9.85. The van der Waals surface area contributed by atoms with Crippen LogP contribution in [0.4, 0.5) is 0 Å². The van der Waals surface area contributed by atoms with Gasteiger partial charge in [0, 0.05) is 16.0 Å². The number of methoxy groups -OCH3 is 1. The Hall–Kier alpha value is -2.54. The lowest BCUT2D eigenvalue weighted by molar-refractivity contribution is 0.373. The van der Waals surface area contributed by atoms with E-state index in [1.807, 2.05) is 11.4 Å². The first-order valence-electron chi connectivity index (χ1n) is 8.22. The summed E-state index contributed by atoms with van der Waals surface area (Å²) in [6.45, 7) is 4.17. The summed E-state index contributed by atoms with van der Waals surface area (Å²) in [5, 5.41) is 17.4. The quantitative estimate of drug-likeness (QED) is 0.428. The summed E-state index contributed by atoms with van der Waals surface area (Å²) < 4.78 is 6.85. The fourth-order valence-electron chi connectivity index (χ4n) is 2.44. The topological polar surface area (TPSA) is 59.1 Å². The predicted octanol–water partition coefficient (Wildman–Crippen LogP) is 5.21. The van der Waals surface area contributed by atoms with Crippen molar-refractivity contribution in [2.45, 2.75) is 0 Å². The number of ether oxygens (including phenoxy) is 1. The lowest BCUT2D eigenvalue weighted by Gasteiger charge is -2.07. The Labute approximate surface area is 176 Å². The average Bonchev–Trinajstić information content (AvgIpc) is 3.08. The number of phenols is 1. The molecule has 3 aromatic rings. The van der Waals surface area contributed by atoms with Crippen LogP contribution in [0.25, 0.3) is 11.3 Å². The molecule has 0 aliphatic heterocycles. The minimum atomic E-state index is 0.0677. The summed E-state index contributed by atoms with van der Waals surface area (Å²) in [4.78, 5) is 5.19. The standard InChI is InChI=1S/C20H17Cl2N3O2S/c1-3-8-23-20-25(24-11-13-4-7-18(26)19(9-13)27-2)17(12-28-20)15-6-5-14(21)10-16(15)22/h3-7,9-12,26H,1,8H2,2H3. The summed E-state index contributed by atoms with van der Waals surface area (Å²) in [7, 11) is 1.50. The SMILES string of the molecule is C=CCN=c1scc(-c2ccc(Cl)cc2Cl)n1N=Cc1ccc(O)c(OC)c1. The zero-order valence-corrected chi connectivity index (χ0v) is 17.3. The summed E-state index contributed by atoms with van der Waals surface area (Å²) in [5.74, 6) is 0.440. The van der Waals surface area contributed by atoms with E-state index < -0.39 is 0 Å². The van der Waals surface area contributed by atoms with Crippen molar-refractivity contribution >= 4 is 40.8 Å². The normalized spacial score (nSPS) is 11.9. The molecular formula is C20H17Cl2N3O2S. The number of rotatable bonds is 6. The molecular weight excluding hydrogens is 417 g/mol. The number of hydrogen-bond acceptors (Lipinski definition) is 5. The van der Waals surface area contributed by atoms with Crippen molar-refractivity contribution in [3.63, 3.8) is 0 Å². The minimum Gasteiger partial charge on any atom is -0.504 e. The number of hydrogen-bond donors (Lipinski definition) is 1. The molecule has 0 spiro atoms. The number of phenolic OH excluding ortho intramolecular Hbond substituents is 1. The van der Waals surface area contributed by atoms with E-state index in [2.05, 4.69) is 16.7 Å². The molecule has 5 nitrogen and oxygen atoms in total. The first-order chi connectivity index (χ1) is 13.5. The van der Waals surface area contributed by atoms with E-state index in [1.165, 1.54) is 18.4 Å². The summed E-state index contributed by atoms with van der Waals surface area (Å²) in [5.41, 5.74) is 2.34. The van der Waals surface area contributed by atoms with Gasteiger partial charge in [-0.25, -0.2) is 4.68 Å². The van der Waals surface area contributed by atoms with Crippen LogP contribution >= 0.6 is 34.5 Å². The van der Waals surface area contributed by atoms with Gasteiger partial charge in [0.25, 0.3) is 0 Å². The van der Waals surface area contributed by atoms with Gasteiger partial charge in [-0.3, -0.25) is 4.99 Å². The summed E-state index contributed by atoms with van der Waals surface area (Å²) in [6, 6.07) is 10.3. The molecule has 0 radical (unpaired) electrons. The van der Waals surface area contributed by atoms with Crippen LogP contribution in [0, 0.1) is 0 Å². The number of nitrogens with zero attached hydrogens (tertiary/aromatic N) is 3. The number of aromatic nitrogens is 1. The van der Waals surface area contributed by atoms with Gasteiger partial charge in [0.05, 0.1) is 30.6 Å². The molecule has 0 aliphatic carbocycles. The van der Waals surface area contributed by atoms with E-state index >= 15 is 0 Å². The number of halogens is 2. The molecule has 3 rings (SSSR count). The Kier molecular flexibility index (Phi) is 6.57. The van der Waals surface area contributed by atoms with Crippen molar-refractivity contribution < 1.29 is 9.84 Å².